The molecule has 2 aliphatic heterocycles. The topological polar surface area (TPSA) is 84.9 Å². The Balaban J connectivity index is 1.92. The lowest BCUT2D eigenvalue weighted by molar-refractivity contribution is -0.125. The first kappa shape index (κ1) is 21.5. The molecule has 0 radical (unpaired) electrons. The standard InChI is InChI=1S/C20H26BFN2O5/c1-19(2)20(3,4)29-21(28-19)14-9-8-12-13(16(14)22)11-24(18(12)27)15(7-6-10-25)17(26)23-5/h8-10,15H,6-7,11H2,1-5H3,(H,23,26). The summed E-state index contributed by atoms with van der Waals surface area (Å²) in [5, 5.41) is 2.50. The van der Waals surface area contributed by atoms with Crippen LogP contribution in [0.3, 0.4) is 0 Å². The average molecular weight is 404 g/mol. The van der Waals surface area contributed by atoms with E-state index in [4.69, 9.17) is 9.31 Å². The van der Waals surface area contributed by atoms with Crippen LogP contribution in [-0.4, -0.2) is 54.4 Å². The Bertz CT molecular complexity index is 842. The van der Waals surface area contributed by atoms with Gasteiger partial charge in [0.25, 0.3) is 5.91 Å². The molecule has 9 heteroatoms. The Labute approximate surface area is 170 Å². The zero-order valence-electron chi connectivity index (χ0n) is 17.4. The fraction of sp³-hybridized carbons (Fsp3) is 0.550. The minimum Gasteiger partial charge on any atom is -0.399 e. The number of nitrogens with zero attached hydrogens (tertiary/aromatic N) is 1. The number of halogens is 1. The lowest BCUT2D eigenvalue weighted by atomic mass is 9.77. The van der Waals surface area contributed by atoms with E-state index in [2.05, 4.69) is 5.32 Å². The van der Waals surface area contributed by atoms with Crippen molar-refractivity contribution in [1.29, 1.82) is 0 Å². The number of aldehydes is 1. The zero-order valence-corrected chi connectivity index (χ0v) is 17.4. The molecule has 1 unspecified atom stereocenters. The fourth-order valence-electron chi connectivity index (χ4n) is 3.62. The van der Waals surface area contributed by atoms with Gasteiger partial charge in [-0.2, -0.15) is 0 Å². The predicted molar refractivity (Wildman–Crippen MR) is 105 cm³/mol. The highest BCUT2D eigenvalue weighted by Gasteiger charge is 2.53. The molecule has 7 nitrogen and oxygen atoms in total. The van der Waals surface area contributed by atoms with Gasteiger partial charge in [-0.1, -0.05) is 6.07 Å². The van der Waals surface area contributed by atoms with E-state index in [1.54, 1.807) is 6.07 Å². The molecule has 0 saturated carbocycles. The molecule has 0 spiro atoms. The maximum absolute atomic E-state index is 15.4. The molecule has 0 aromatic heterocycles. The van der Waals surface area contributed by atoms with Gasteiger partial charge in [-0.15, -0.1) is 0 Å². The highest BCUT2D eigenvalue weighted by atomic mass is 19.1. The number of amides is 2. The first-order chi connectivity index (χ1) is 13.5. The van der Waals surface area contributed by atoms with E-state index < -0.39 is 36.1 Å². The summed E-state index contributed by atoms with van der Waals surface area (Å²) in [6.07, 6.45) is 0.995. The number of benzene rings is 1. The smallest absolute Gasteiger partial charge is 0.399 e. The summed E-state index contributed by atoms with van der Waals surface area (Å²) in [5.74, 6) is -1.39. The maximum atomic E-state index is 15.4. The molecular formula is C20H26BFN2O5. The number of likely N-dealkylation sites (N-methyl/N-ethyl adjacent to an activating group) is 1. The summed E-state index contributed by atoms with van der Waals surface area (Å²) in [4.78, 5) is 37.2. The molecule has 1 aromatic carbocycles. The Morgan fingerprint density at radius 3 is 2.48 bits per heavy atom. The van der Waals surface area contributed by atoms with Crippen molar-refractivity contribution >= 4 is 30.7 Å². The lowest BCUT2D eigenvalue weighted by Crippen LogP contribution is -2.46. The van der Waals surface area contributed by atoms with Gasteiger partial charge in [0.2, 0.25) is 5.91 Å². The molecule has 1 atom stereocenters. The van der Waals surface area contributed by atoms with Gasteiger partial charge in [0.1, 0.15) is 18.1 Å². The molecule has 2 heterocycles. The third-order valence-electron chi connectivity index (χ3n) is 6.08. The van der Waals surface area contributed by atoms with Gasteiger partial charge in [0, 0.05) is 30.1 Å². The van der Waals surface area contributed by atoms with E-state index in [1.807, 2.05) is 27.7 Å². The van der Waals surface area contributed by atoms with Crippen LogP contribution in [0.1, 0.15) is 56.5 Å². The quantitative estimate of drug-likeness (QED) is 0.569. The van der Waals surface area contributed by atoms with Crippen molar-refractivity contribution in [2.75, 3.05) is 7.05 Å². The monoisotopic (exact) mass is 404 g/mol. The number of hydrogen-bond donors (Lipinski definition) is 1. The molecule has 3 rings (SSSR count). The molecule has 1 saturated heterocycles. The molecule has 29 heavy (non-hydrogen) atoms. The molecule has 156 valence electrons. The van der Waals surface area contributed by atoms with Gasteiger partial charge < -0.3 is 24.3 Å². The lowest BCUT2D eigenvalue weighted by Gasteiger charge is -2.32. The van der Waals surface area contributed by atoms with Crippen molar-refractivity contribution in [3.8, 4) is 0 Å². The third kappa shape index (κ3) is 3.57. The van der Waals surface area contributed by atoms with Crippen LogP contribution in [-0.2, 0) is 25.4 Å². The molecule has 1 aromatic rings. The summed E-state index contributed by atoms with van der Waals surface area (Å²) in [5.41, 5.74) is -0.597. The van der Waals surface area contributed by atoms with Crippen molar-refractivity contribution in [3.63, 3.8) is 0 Å². The van der Waals surface area contributed by atoms with E-state index in [9.17, 15) is 14.4 Å². The minimum atomic E-state index is -0.890. The fourth-order valence-corrected chi connectivity index (χ4v) is 3.62. The van der Waals surface area contributed by atoms with Crippen LogP contribution in [0.15, 0.2) is 12.1 Å². The van der Waals surface area contributed by atoms with Crippen molar-refractivity contribution in [2.24, 2.45) is 0 Å². The van der Waals surface area contributed by atoms with Gasteiger partial charge in [-0.25, -0.2) is 4.39 Å². The Morgan fingerprint density at radius 2 is 1.93 bits per heavy atom. The predicted octanol–water partition coefficient (Wildman–Crippen LogP) is 1.17. The first-order valence-corrected chi connectivity index (χ1v) is 9.67. The second-order valence-electron chi connectivity index (χ2n) is 8.39. The first-order valence-electron chi connectivity index (χ1n) is 9.67. The van der Waals surface area contributed by atoms with Crippen molar-refractivity contribution < 1.29 is 28.1 Å². The van der Waals surface area contributed by atoms with Gasteiger partial charge in [-0.05, 0) is 40.2 Å². The minimum absolute atomic E-state index is 0.0513. The average Bonchev–Trinajstić information content (AvgIpc) is 3.09. The highest BCUT2D eigenvalue weighted by Crippen LogP contribution is 2.37. The number of hydrogen-bond acceptors (Lipinski definition) is 5. The van der Waals surface area contributed by atoms with E-state index in [0.717, 1.165) is 0 Å². The van der Waals surface area contributed by atoms with Gasteiger partial charge in [-0.3, -0.25) is 9.59 Å². The molecule has 2 aliphatic rings. The third-order valence-corrected chi connectivity index (χ3v) is 6.08. The molecular weight excluding hydrogens is 378 g/mol. The second-order valence-corrected chi connectivity index (χ2v) is 8.39. The normalized spacial score (nSPS) is 20.6. The Hall–Kier alpha value is -2.26. The Morgan fingerprint density at radius 1 is 1.31 bits per heavy atom. The summed E-state index contributed by atoms with van der Waals surface area (Å²) >= 11 is 0. The maximum Gasteiger partial charge on any atom is 0.497 e. The van der Waals surface area contributed by atoms with Crippen molar-refractivity contribution in [3.05, 3.63) is 29.1 Å². The summed E-state index contributed by atoms with van der Waals surface area (Å²) in [6.45, 7) is 7.47. The second kappa shape index (κ2) is 7.53. The van der Waals surface area contributed by atoms with Gasteiger partial charge in [0.15, 0.2) is 0 Å². The molecule has 1 N–H and O–H groups in total. The van der Waals surface area contributed by atoms with Crippen LogP contribution >= 0.6 is 0 Å². The number of fused-ring (bicyclic) bond motifs is 1. The van der Waals surface area contributed by atoms with Crippen LogP contribution in [0.25, 0.3) is 0 Å². The molecule has 2 amide bonds. The van der Waals surface area contributed by atoms with Crippen LogP contribution in [0.4, 0.5) is 4.39 Å². The van der Waals surface area contributed by atoms with Crippen LogP contribution in [0.2, 0.25) is 0 Å². The SMILES string of the molecule is CNC(=O)C(CCC=O)N1Cc2c(ccc(B3OC(C)(C)C(C)(C)O3)c2F)C1=O. The summed E-state index contributed by atoms with van der Waals surface area (Å²) in [7, 11) is 0.570. The molecule has 0 aliphatic carbocycles. The Kier molecular flexibility index (Phi) is 5.57. The summed E-state index contributed by atoms with van der Waals surface area (Å²) < 4.78 is 27.3. The number of carbonyl (C=O) groups excluding carboxylic acids is 3. The number of carbonyl (C=O) groups is 3. The van der Waals surface area contributed by atoms with E-state index in [1.165, 1.54) is 18.0 Å². The zero-order chi connectivity index (χ0) is 21.6. The van der Waals surface area contributed by atoms with Crippen LogP contribution in [0.5, 0.6) is 0 Å². The van der Waals surface area contributed by atoms with Crippen molar-refractivity contribution in [1.82, 2.24) is 10.2 Å². The van der Waals surface area contributed by atoms with Gasteiger partial charge in [0.05, 0.1) is 17.7 Å². The van der Waals surface area contributed by atoms with Crippen molar-refractivity contribution in [2.45, 2.75) is 64.3 Å². The largest absolute Gasteiger partial charge is 0.497 e. The van der Waals surface area contributed by atoms with E-state index in [0.29, 0.717) is 6.29 Å². The van der Waals surface area contributed by atoms with Crippen LogP contribution in [0, 0.1) is 5.82 Å². The van der Waals surface area contributed by atoms with Crippen LogP contribution < -0.4 is 10.8 Å². The summed E-state index contributed by atoms with van der Waals surface area (Å²) in [6, 6.07) is 2.20. The number of rotatable bonds is 6. The molecule has 1 fully saturated rings. The molecule has 0 bridgehead atoms. The highest BCUT2D eigenvalue weighted by molar-refractivity contribution is 6.62. The van der Waals surface area contributed by atoms with E-state index in [-0.39, 0.29) is 41.9 Å². The number of nitrogens with one attached hydrogen (secondary N) is 1. The van der Waals surface area contributed by atoms with Gasteiger partial charge >= 0.3 is 7.12 Å². The van der Waals surface area contributed by atoms with E-state index >= 15 is 4.39 Å².